The van der Waals surface area contributed by atoms with Crippen molar-refractivity contribution in [2.75, 3.05) is 26.2 Å². The van der Waals surface area contributed by atoms with Gasteiger partial charge in [0.25, 0.3) is 5.91 Å². The molecule has 0 unspecified atom stereocenters. The number of thiophene rings is 1. The van der Waals surface area contributed by atoms with Crippen molar-refractivity contribution in [3.63, 3.8) is 0 Å². The molecule has 230 valence electrons. The Kier molecular flexibility index (Phi) is 7.65. The number of aromatic nitrogens is 3. The molecule has 0 spiro atoms. The second-order valence-electron chi connectivity index (χ2n) is 11.8. The first-order chi connectivity index (χ1) is 21.3. The second-order valence-corrected chi connectivity index (χ2v) is 12.8. The van der Waals surface area contributed by atoms with Gasteiger partial charge in [-0.1, -0.05) is 6.07 Å². The maximum absolute atomic E-state index is 14.5. The Hall–Kier alpha value is -3.78. The first-order valence-electron chi connectivity index (χ1n) is 14.9. The molecule has 0 bridgehead atoms. The van der Waals surface area contributed by atoms with Crippen LogP contribution in [0.4, 0.5) is 8.78 Å². The molecule has 1 aromatic carbocycles. The Bertz CT molecular complexity index is 1720. The SMILES string of the molecule is NC(=O)C1CCN(C(=O)c2cc(-c3cccs3)nc3c4c(nn23)CCN([C@H]2CO[C@H](c3cc(F)ccc3F)[C@@H](N)C2)C4)CC1. The zero-order valence-corrected chi connectivity index (χ0v) is 24.8. The average Bonchev–Trinajstić information content (AvgIpc) is 3.70. The lowest BCUT2D eigenvalue weighted by atomic mass is 9.92. The van der Waals surface area contributed by atoms with E-state index >= 15 is 0 Å². The Morgan fingerprint density at radius 2 is 1.91 bits per heavy atom. The van der Waals surface area contributed by atoms with Crippen molar-refractivity contribution in [1.82, 2.24) is 24.4 Å². The minimum absolute atomic E-state index is 0.0332. The van der Waals surface area contributed by atoms with E-state index in [0.717, 1.165) is 34.3 Å². The lowest BCUT2D eigenvalue weighted by Crippen LogP contribution is -2.50. The molecule has 3 aliphatic heterocycles. The van der Waals surface area contributed by atoms with Crippen LogP contribution in [0.25, 0.3) is 16.2 Å². The molecule has 0 aliphatic carbocycles. The summed E-state index contributed by atoms with van der Waals surface area (Å²) in [5.74, 6) is -1.76. The molecule has 2 saturated heterocycles. The van der Waals surface area contributed by atoms with E-state index in [1.54, 1.807) is 26.8 Å². The monoisotopic (exact) mass is 621 g/mol. The first kappa shape index (κ1) is 29.0. The third-order valence-corrected chi connectivity index (χ3v) is 10.0. The van der Waals surface area contributed by atoms with Crippen LogP contribution in [0.3, 0.4) is 0 Å². The van der Waals surface area contributed by atoms with Gasteiger partial charge < -0.3 is 21.1 Å². The molecule has 10 nitrogen and oxygen atoms in total. The van der Waals surface area contributed by atoms with Crippen LogP contribution in [0, 0.1) is 17.6 Å². The molecular formula is C31H33F2N7O3S. The Balaban J connectivity index is 1.17. The topological polar surface area (TPSA) is 132 Å². The second kappa shape index (κ2) is 11.6. The predicted molar refractivity (Wildman–Crippen MR) is 160 cm³/mol. The Morgan fingerprint density at radius 3 is 2.64 bits per heavy atom. The Morgan fingerprint density at radius 1 is 1.09 bits per heavy atom. The number of nitrogens with two attached hydrogens (primary N) is 2. The lowest BCUT2D eigenvalue weighted by molar-refractivity contribution is -0.123. The summed E-state index contributed by atoms with van der Waals surface area (Å²) in [6, 6.07) is 8.52. The maximum atomic E-state index is 14.5. The molecule has 44 heavy (non-hydrogen) atoms. The standard InChI is InChI=1S/C31H33F2N7O3S/c32-18-3-4-22(33)20(12-18)28-23(34)13-19(16-43-28)39-10-7-24-21(15-39)30-36-25(27-2-1-11-44-27)14-26(40(30)37-24)31(42)38-8-5-17(6-9-38)29(35)41/h1-4,11-12,14,17,19,23,28H,5-10,13,15-16,34H2,(H2,35,41)/t19-,23+,28-/m1/s1. The zero-order chi connectivity index (χ0) is 30.5. The highest BCUT2D eigenvalue weighted by atomic mass is 32.1. The van der Waals surface area contributed by atoms with Crippen molar-refractivity contribution in [2.45, 2.75) is 50.4 Å². The van der Waals surface area contributed by atoms with Crippen LogP contribution in [-0.4, -0.2) is 74.5 Å². The van der Waals surface area contributed by atoms with Gasteiger partial charge in [0.05, 0.1) is 22.9 Å². The van der Waals surface area contributed by atoms with Crippen LogP contribution in [0.5, 0.6) is 0 Å². The predicted octanol–water partition coefficient (Wildman–Crippen LogP) is 3.29. The number of ether oxygens (including phenoxy) is 1. The van der Waals surface area contributed by atoms with Crippen molar-refractivity contribution in [3.05, 3.63) is 75.9 Å². The third kappa shape index (κ3) is 5.27. The van der Waals surface area contributed by atoms with E-state index in [9.17, 15) is 18.4 Å². The lowest BCUT2D eigenvalue weighted by Gasteiger charge is -2.41. The summed E-state index contributed by atoms with van der Waals surface area (Å²) in [6.45, 7) is 2.46. The number of nitrogens with zero attached hydrogens (tertiary/aromatic N) is 5. The number of halogens is 2. The van der Waals surface area contributed by atoms with Crippen LogP contribution in [0.15, 0.2) is 41.8 Å². The number of likely N-dealkylation sites (tertiary alicyclic amines) is 1. The van der Waals surface area contributed by atoms with Crippen molar-refractivity contribution in [1.29, 1.82) is 0 Å². The van der Waals surface area contributed by atoms with E-state index in [0.29, 0.717) is 75.5 Å². The number of hydrogen-bond donors (Lipinski definition) is 2. The smallest absolute Gasteiger partial charge is 0.272 e. The summed E-state index contributed by atoms with van der Waals surface area (Å²) in [4.78, 5) is 35.6. The van der Waals surface area contributed by atoms with Crippen molar-refractivity contribution < 1.29 is 23.1 Å². The van der Waals surface area contributed by atoms with Gasteiger partial charge in [0, 0.05) is 61.7 Å². The molecule has 2 amide bonds. The molecule has 7 rings (SSSR count). The van der Waals surface area contributed by atoms with Crippen molar-refractivity contribution in [3.8, 4) is 10.6 Å². The number of fused-ring (bicyclic) bond motifs is 3. The van der Waals surface area contributed by atoms with E-state index in [2.05, 4.69) is 4.90 Å². The number of carbonyl (C=O) groups excluding carboxylic acids is 2. The number of amides is 2. The van der Waals surface area contributed by atoms with Gasteiger partial charge in [-0.25, -0.2) is 18.3 Å². The normalized spacial score (nSPS) is 23.2. The highest BCUT2D eigenvalue weighted by molar-refractivity contribution is 7.13. The number of hydrogen-bond acceptors (Lipinski definition) is 8. The summed E-state index contributed by atoms with van der Waals surface area (Å²) in [7, 11) is 0. The molecule has 3 aromatic heterocycles. The van der Waals surface area contributed by atoms with Crippen molar-refractivity contribution >= 4 is 28.8 Å². The third-order valence-electron chi connectivity index (χ3n) is 9.12. The molecule has 0 saturated carbocycles. The van der Waals surface area contributed by atoms with E-state index in [1.165, 1.54) is 0 Å². The number of primary amides is 1. The van der Waals surface area contributed by atoms with Gasteiger partial charge in [-0.05, 0) is 55.0 Å². The summed E-state index contributed by atoms with van der Waals surface area (Å²) < 4.78 is 36.1. The van der Waals surface area contributed by atoms with Crippen LogP contribution in [0.2, 0.25) is 0 Å². The van der Waals surface area contributed by atoms with Crippen LogP contribution in [0.1, 0.15) is 52.7 Å². The minimum atomic E-state index is -0.726. The number of piperidine rings is 1. The van der Waals surface area contributed by atoms with Gasteiger partial charge in [-0.2, -0.15) is 5.10 Å². The van der Waals surface area contributed by atoms with Crippen LogP contribution in [-0.2, 0) is 22.5 Å². The van der Waals surface area contributed by atoms with Gasteiger partial charge >= 0.3 is 0 Å². The summed E-state index contributed by atoms with van der Waals surface area (Å²) >= 11 is 1.55. The number of benzene rings is 1. The fourth-order valence-corrected chi connectivity index (χ4v) is 7.38. The largest absolute Gasteiger partial charge is 0.370 e. The molecule has 0 radical (unpaired) electrons. The first-order valence-corrected chi connectivity index (χ1v) is 15.7. The van der Waals surface area contributed by atoms with E-state index in [1.807, 2.05) is 17.5 Å². The number of rotatable bonds is 5. The van der Waals surface area contributed by atoms with Gasteiger partial charge in [0.2, 0.25) is 5.91 Å². The molecule has 4 aromatic rings. The molecule has 3 atom stereocenters. The molecule has 3 aliphatic rings. The molecular weight excluding hydrogens is 588 g/mol. The summed E-state index contributed by atoms with van der Waals surface area (Å²) in [5, 5.41) is 6.85. The highest BCUT2D eigenvalue weighted by Crippen LogP contribution is 2.34. The van der Waals surface area contributed by atoms with E-state index in [4.69, 9.17) is 26.3 Å². The minimum Gasteiger partial charge on any atom is -0.370 e. The summed E-state index contributed by atoms with van der Waals surface area (Å²) in [6.07, 6.45) is 1.55. The van der Waals surface area contributed by atoms with Gasteiger partial charge in [-0.3, -0.25) is 14.5 Å². The van der Waals surface area contributed by atoms with Gasteiger partial charge in [0.15, 0.2) is 5.65 Å². The molecule has 2 fully saturated rings. The highest BCUT2D eigenvalue weighted by Gasteiger charge is 2.37. The molecule has 6 heterocycles. The van der Waals surface area contributed by atoms with Gasteiger partial charge in [0.1, 0.15) is 23.4 Å². The van der Waals surface area contributed by atoms with E-state index < -0.39 is 23.8 Å². The van der Waals surface area contributed by atoms with Crippen molar-refractivity contribution in [2.24, 2.45) is 17.4 Å². The van der Waals surface area contributed by atoms with E-state index in [-0.39, 0.29) is 29.3 Å². The average molecular weight is 622 g/mol. The summed E-state index contributed by atoms with van der Waals surface area (Å²) in [5.41, 5.74) is 15.7. The van der Waals surface area contributed by atoms with Crippen LogP contribution >= 0.6 is 11.3 Å². The Labute approximate surface area is 256 Å². The fraction of sp³-hybridized carbons (Fsp3) is 0.419. The quantitative estimate of drug-likeness (QED) is 0.350. The molecule has 13 heteroatoms. The number of carbonyl (C=O) groups is 2. The zero-order valence-electron chi connectivity index (χ0n) is 24.0. The fourth-order valence-electron chi connectivity index (χ4n) is 6.69. The molecule has 4 N–H and O–H groups in total. The maximum Gasteiger partial charge on any atom is 0.272 e. The van der Waals surface area contributed by atoms with Gasteiger partial charge in [-0.15, -0.1) is 11.3 Å². The van der Waals surface area contributed by atoms with Crippen LogP contribution < -0.4 is 11.5 Å².